The van der Waals surface area contributed by atoms with Crippen molar-refractivity contribution in [1.82, 2.24) is 9.78 Å². The summed E-state index contributed by atoms with van der Waals surface area (Å²) < 4.78 is 50.6. The number of sulfonamides is 1. The molecule has 0 fully saturated rings. The van der Waals surface area contributed by atoms with E-state index >= 15 is 0 Å². The molecule has 186 valence electrons. The normalized spacial score (nSPS) is 17.2. The molecule has 0 aliphatic carbocycles. The third kappa shape index (κ3) is 4.91. The van der Waals surface area contributed by atoms with Gasteiger partial charge in [0.1, 0.15) is 22.6 Å². The number of ether oxygens (including phenoxy) is 1. The molecule has 0 bridgehead atoms. The zero-order valence-corrected chi connectivity index (χ0v) is 21.7. The number of allylic oxidation sites excluding steroid dienone is 1. The van der Waals surface area contributed by atoms with Crippen molar-refractivity contribution >= 4 is 50.6 Å². The molecule has 1 unspecified atom stereocenters. The second-order valence-corrected chi connectivity index (χ2v) is 10.9. The van der Waals surface area contributed by atoms with Gasteiger partial charge in [-0.2, -0.15) is 5.10 Å². The predicted octanol–water partition coefficient (Wildman–Crippen LogP) is 5.21. The first-order valence-corrected chi connectivity index (χ1v) is 13.2. The molecule has 3 aromatic rings. The van der Waals surface area contributed by atoms with Crippen LogP contribution in [0.15, 0.2) is 47.5 Å². The number of nitrogens with zero attached hydrogens (tertiary/aromatic N) is 3. The maximum atomic E-state index is 14.4. The van der Waals surface area contributed by atoms with Gasteiger partial charge in [0.2, 0.25) is 0 Å². The Bertz CT molecular complexity index is 1390. The molecule has 1 aliphatic rings. The topological polar surface area (TPSA) is 90.5 Å². The number of benzene rings is 2. The second-order valence-electron chi connectivity index (χ2n) is 8.34. The van der Waals surface area contributed by atoms with E-state index in [1.54, 1.807) is 44.2 Å². The fourth-order valence-electron chi connectivity index (χ4n) is 3.91. The highest BCUT2D eigenvalue weighted by Crippen LogP contribution is 2.40. The average Bonchev–Trinajstić information content (AvgIpc) is 3.19. The zero-order valence-electron chi connectivity index (χ0n) is 19.4. The van der Waals surface area contributed by atoms with Crippen LogP contribution in [0.4, 0.5) is 10.1 Å². The van der Waals surface area contributed by atoms with Crippen LogP contribution in [-0.4, -0.2) is 36.9 Å². The van der Waals surface area contributed by atoms with Gasteiger partial charge in [0.15, 0.2) is 5.15 Å². The lowest BCUT2D eigenvalue weighted by atomic mass is 10.0. The molecule has 0 saturated carbocycles. The molecule has 0 saturated heterocycles. The molecule has 11 heteroatoms. The first-order valence-electron chi connectivity index (χ1n) is 11.0. The Balaban J connectivity index is 1.82. The molecule has 2 atom stereocenters. The zero-order chi connectivity index (χ0) is 25.5. The second kappa shape index (κ2) is 9.81. The number of anilines is 1. The average molecular weight is 539 g/mol. The Morgan fingerprint density at radius 2 is 2.09 bits per heavy atom. The van der Waals surface area contributed by atoms with Gasteiger partial charge in [-0.05, 0) is 56.2 Å². The van der Waals surface area contributed by atoms with Crippen LogP contribution in [0.1, 0.15) is 31.9 Å². The summed E-state index contributed by atoms with van der Waals surface area (Å²) in [7, 11) is -4.09. The van der Waals surface area contributed by atoms with Gasteiger partial charge in [0.05, 0.1) is 17.3 Å². The van der Waals surface area contributed by atoms with Gasteiger partial charge >= 0.3 is 0 Å². The minimum Gasteiger partial charge on any atom is -0.485 e. The van der Waals surface area contributed by atoms with Crippen molar-refractivity contribution in [2.24, 2.45) is 5.73 Å². The minimum absolute atomic E-state index is 0.00801. The van der Waals surface area contributed by atoms with Crippen LogP contribution < -0.4 is 14.8 Å². The third-order valence-corrected chi connectivity index (χ3v) is 8.27. The van der Waals surface area contributed by atoms with Gasteiger partial charge in [-0.15, -0.1) is 0 Å². The summed E-state index contributed by atoms with van der Waals surface area (Å²) in [5.74, 6) is -0.0843. The largest absolute Gasteiger partial charge is 0.485 e. The summed E-state index contributed by atoms with van der Waals surface area (Å²) in [5.41, 5.74) is 7.89. The van der Waals surface area contributed by atoms with E-state index in [0.29, 0.717) is 29.1 Å². The quantitative estimate of drug-likeness (QED) is 0.435. The lowest BCUT2D eigenvalue weighted by Crippen LogP contribution is -2.50. The first kappa shape index (κ1) is 25.5. The van der Waals surface area contributed by atoms with Crippen LogP contribution in [0.25, 0.3) is 11.6 Å². The highest BCUT2D eigenvalue weighted by atomic mass is 35.5. The predicted molar refractivity (Wildman–Crippen MR) is 137 cm³/mol. The molecule has 7 nitrogen and oxygen atoms in total. The van der Waals surface area contributed by atoms with Gasteiger partial charge in [0, 0.05) is 24.3 Å². The Morgan fingerprint density at radius 1 is 1.34 bits per heavy atom. The monoisotopic (exact) mass is 538 g/mol. The minimum atomic E-state index is -4.09. The molecule has 1 aliphatic heterocycles. The van der Waals surface area contributed by atoms with Crippen LogP contribution in [0.3, 0.4) is 0 Å². The van der Waals surface area contributed by atoms with E-state index in [-0.39, 0.29) is 27.2 Å². The van der Waals surface area contributed by atoms with Crippen molar-refractivity contribution in [3.8, 4) is 5.75 Å². The first-order chi connectivity index (χ1) is 16.5. The van der Waals surface area contributed by atoms with Crippen molar-refractivity contribution in [1.29, 1.82) is 0 Å². The summed E-state index contributed by atoms with van der Waals surface area (Å²) in [6, 6.07) is 9.15. The lowest BCUT2D eigenvalue weighted by Gasteiger charge is -2.37. The van der Waals surface area contributed by atoms with Crippen molar-refractivity contribution in [2.75, 3.05) is 10.8 Å². The SMILES string of the molecule is CCn1cc(S(=O)(=O)N2CC([C@@H](C)N)Oc3ccc(C=C(C)c4c(F)cccc4Cl)cc32)c(Cl)n1. The van der Waals surface area contributed by atoms with Gasteiger partial charge < -0.3 is 10.5 Å². The van der Waals surface area contributed by atoms with Crippen molar-refractivity contribution in [2.45, 2.75) is 44.4 Å². The van der Waals surface area contributed by atoms with Crippen molar-refractivity contribution < 1.29 is 17.5 Å². The van der Waals surface area contributed by atoms with Crippen molar-refractivity contribution in [3.05, 3.63) is 69.7 Å². The summed E-state index contributed by atoms with van der Waals surface area (Å²) in [6.07, 6.45) is 2.56. The molecule has 0 spiro atoms. The number of fused-ring (bicyclic) bond motifs is 1. The fraction of sp³-hybridized carbons (Fsp3) is 0.292. The van der Waals surface area contributed by atoms with E-state index in [2.05, 4.69) is 5.10 Å². The Morgan fingerprint density at radius 3 is 2.71 bits per heavy atom. The third-order valence-electron chi connectivity index (χ3n) is 5.78. The number of aryl methyl sites for hydroxylation is 1. The van der Waals surface area contributed by atoms with E-state index in [1.807, 2.05) is 6.92 Å². The van der Waals surface area contributed by atoms with Crippen LogP contribution in [0.2, 0.25) is 10.2 Å². The molecule has 2 heterocycles. The number of nitrogens with two attached hydrogens (primary N) is 1. The van der Waals surface area contributed by atoms with Crippen molar-refractivity contribution in [3.63, 3.8) is 0 Å². The molecular formula is C24H25Cl2FN4O3S. The highest BCUT2D eigenvalue weighted by molar-refractivity contribution is 7.93. The molecular weight excluding hydrogens is 514 g/mol. The molecule has 0 amide bonds. The standard InChI is InChI=1S/C24H25Cl2FN4O3S/c1-4-30-13-22(24(26)29-30)35(32,33)31-12-21(15(3)28)34-20-9-8-16(11-19(20)31)10-14(2)23-17(25)6-5-7-18(23)27/h5-11,13,15,21H,4,12,28H2,1-3H3/t15-,21?/m1/s1. The number of hydrogen-bond acceptors (Lipinski definition) is 5. The fourth-order valence-corrected chi connectivity index (χ4v) is 6.15. The number of hydrogen-bond donors (Lipinski definition) is 1. The Kier molecular flexibility index (Phi) is 7.15. The van der Waals surface area contributed by atoms with E-state index < -0.39 is 28.0 Å². The van der Waals surface area contributed by atoms with E-state index in [9.17, 15) is 12.8 Å². The van der Waals surface area contributed by atoms with Crippen LogP contribution in [0.5, 0.6) is 5.75 Å². The van der Waals surface area contributed by atoms with E-state index in [1.165, 1.54) is 27.3 Å². The maximum Gasteiger partial charge on any atom is 0.269 e. The van der Waals surface area contributed by atoms with Gasteiger partial charge in [-0.1, -0.05) is 41.4 Å². The smallest absolute Gasteiger partial charge is 0.269 e. The lowest BCUT2D eigenvalue weighted by molar-refractivity contribution is 0.176. The molecule has 2 aromatic carbocycles. The van der Waals surface area contributed by atoms with Crippen LogP contribution in [-0.2, 0) is 16.6 Å². The molecule has 1 aromatic heterocycles. The Hall–Kier alpha value is -2.59. The van der Waals surface area contributed by atoms with E-state index in [4.69, 9.17) is 33.7 Å². The molecule has 4 rings (SSSR count). The summed E-state index contributed by atoms with van der Waals surface area (Å²) >= 11 is 12.4. The van der Waals surface area contributed by atoms with Crippen LogP contribution in [0, 0.1) is 5.82 Å². The molecule has 0 radical (unpaired) electrons. The van der Waals surface area contributed by atoms with E-state index in [0.717, 1.165) is 0 Å². The molecule has 2 N–H and O–H groups in total. The highest BCUT2D eigenvalue weighted by Gasteiger charge is 2.38. The van der Waals surface area contributed by atoms with Gasteiger partial charge in [-0.3, -0.25) is 8.99 Å². The van der Waals surface area contributed by atoms with Crippen LogP contribution >= 0.6 is 23.2 Å². The molecule has 35 heavy (non-hydrogen) atoms. The van der Waals surface area contributed by atoms with Gasteiger partial charge in [0.25, 0.3) is 10.0 Å². The summed E-state index contributed by atoms with van der Waals surface area (Å²) in [6.45, 7) is 5.77. The number of rotatable bonds is 6. The summed E-state index contributed by atoms with van der Waals surface area (Å²) in [5, 5.41) is 4.24. The maximum absolute atomic E-state index is 14.4. The van der Waals surface area contributed by atoms with Gasteiger partial charge in [-0.25, -0.2) is 12.8 Å². The number of halogens is 3. The Labute approximate surface area is 213 Å². The summed E-state index contributed by atoms with van der Waals surface area (Å²) in [4.78, 5) is -0.104. The number of aromatic nitrogens is 2.